The standard InChI is InChI=1S/C5H3FIN.N/c6-5-4(7)2-1-3-8-5;/h1-3H;. The Morgan fingerprint density at radius 3 is 2.56 bits per heavy atom. The van der Waals surface area contributed by atoms with E-state index in [0.717, 1.165) is 0 Å². The predicted molar refractivity (Wildman–Crippen MR) is 39.0 cm³/mol. The second-order valence-corrected chi connectivity index (χ2v) is 2.44. The van der Waals surface area contributed by atoms with Gasteiger partial charge in [0.25, 0.3) is 0 Å². The third-order valence-corrected chi connectivity index (χ3v) is 1.52. The second kappa shape index (κ2) is 3.73. The van der Waals surface area contributed by atoms with Gasteiger partial charge in [0.15, 0.2) is 0 Å². The van der Waals surface area contributed by atoms with Crippen LogP contribution >= 0.6 is 22.6 Å². The molecule has 0 bridgehead atoms. The van der Waals surface area contributed by atoms with Crippen LogP contribution in [0.3, 0.4) is 0 Å². The highest BCUT2D eigenvalue weighted by atomic mass is 127. The van der Waals surface area contributed by atoms with E-state index in [9.17, 15) is 4.39 Å². The third kappa shape index (κ3) is 2.23. The van der Waals surface area contributed by atoms with Gasteiger partial charge < -0.3 is 0 Å². The van der Waals surface area contributed by atoms with Gasteiger partial charge in [-0.3, -0.25) is 0 Å². The van der Waals surface area contributed by atoms with E-state index in [4.69, 9.17) is 0 Å². The molecule has 0 spiro atoms. The SMILES string of the molecule is Fc1ncccc1I.[N]. The van der Waals surface area contributed by atoms with Crippen LogP contribution in [-0.2, 0) is 0 Å². The number of hydrogen-bond acceptors (Lipinski definition) is 1. The molecule has 47 valence electrons. The Bertz CT molecular complexity index is 171. The molecule has 9 heavy (non-hydrogen) atoms. The summed E-state index contributed by atoms with van der Waals surface area (Å²) < 4.78 is 12.8. The van der Waals surface area contributed by atoms with Gasteiger partial charge in [-0.2, -0.15) is 4.39 Å². The van der Waals surface area contributed by atoms with E-state index in [-0.39, 0.29) is 6.15 Å². The molecule has 2 nitrogen and oxygen atoms in total. The lowest BCUT2D eigenvalue weighted by atomic mass is 10.5. The highest BCUT2D eigenvalue weighted by Gasteiger charge is 1.92. The largest absolute Gasteiger partial charge is 0.227 e. The van der Waals surface area contributed by atoms with Crippen LogP contribution in [-0.4, -0.2) is 4.98 Å². The van der Waals surface area contributed by atoms with Gasteiger partial charge in [0.1, 0.15) is 0 Å². The molecule has 4 heteroatoms. The molecule has 0 saturated carbocycles. The summed E-state index contributed by atoms with van der Waals surface area (Å²) in [6.45, 7) is 0. The van der Waals surface area contributed by atoms with Crippen molar-refractivity contribution in [3.63, 3.8) is 0 Å². The summed E-state index contributed by atoms with van der Waals surface area (Å²) in [5.41, 5.74) is 0. The number of pyridine rings is 1. The summed E-state index contributed by atoms with van der Waals surface area (Å²) in [6.07, 6.45) is 1.43. The summed E-state index contributed by atoms with van der Waals surface area (Å²) in [4.78, 5) is 3.40. The van der Waals surface area contributed by atoms with Crippen LogP contribution in [0.25, 0.3) is 0 Å². The number of halogens is 2. The molecule has 1 aromatic heterocycles. The van der Waals surface area contributed by atoms with Gasteiger partial charge in [0.2, 0.25) is 5.95 Å². The van der Waals surface area contributed by atoms with Gasteiger partial charge in [-0.15, -0.1) is 0 Å². The van der Waals surface area contributed by atoms with Crippen molar-refractivity contribution in [1.82, 2.24) is 11.1 Å². The van der Waals surface area contributed by atoms with Crippen LogP contribution < -0.4 is 6.15 Å². The molecule has 0 atom stereocenters. The highest BCUT2D eigenvalue weighted by Crippen LogP contribution is 2.04. The van der Waals surface area contributed by atoms with Crippen molar-refractivity contribution in [1.29, 1.82) is 0 Å². The first-order valence-corrected chi connectivity index (χ1v) is 3.14. The smallest absolute Gasteiger partial charge is 0.226 e. The summed E-state index contributed by atoms with van der Waals surface area (Å²) in [7, 11) is 0. The fourth-order valence-electron chi connectivity index (χ4n) is 0.366. The molecule has 0 amide bonds. The number of hydrogen-bond donors (Lipinski definition) is 0. The first-order chi connectivity index (χ1) is 3.80. The Labute approximate surface area is 66.2 Å². The lowest BCUT2D eigenvalue weighted by Crippen LogP contribution is -1.82. The maximum atomic E-state index is 12.2. The van der Waals surface area contributed by atoms with Crippen molar-refractivity contribution < 1.29 is 4.39 Å². The molecule has 0 aliphatic carbocycles. The van der Waals surface area contributed by atoms with Gasteiger partial charge in [-0.05, 0) is 34.7 Å². The van der Waals surface area contributed by atoms with Crippen LogP contribution in [0, 0.1) is 9.52 Å². The molecule has 0 fully saturated rings. The third-order valence-electron chi connectivity index (χ3n) is 0.714. The Morgan fingerprint density at radius 2 is 2.22 bits per heavy atom. The zero-order chi connectivity index (χ0) is 5.98. The molecule has 0 aliphatic rings. The normalized spacial score (nSPS) is 8.22. The summed E-state index contributed by atoms with van der Waals surface area (Å²) >= 11 is 1.89. The highest BCUT2D eigenvalue weighted by molar-refractivity contribution is 14.1. The summed E-state index contributed by atoms with van der Waals surface area (Å²) in [5, 5.41) is 0. The molecule has 0 aliphatic heterocycles. The zero-order valence-corrected chi connectivity index (χ0v) is 6.54. The van der Waals surface area contributed by atoms with E-state index in [0.29, 0.717) is 3.57 Å². The van der Waals surface area contributed by atoms with Crippen molar-refractivity contribution >= 4 is 22.6 Å². The lowest BCUT2D eigenvalue weighted by molar-refractivity contribution is 0.576. The number of rotatable bonds is 0. The van der Waals surface area contributed by atoms with Gasteiger partial charge in [-0.25, -0.2) is 4.98 Å². The number of nitrogens with zero attached hydrogens (tertiary/aromatic N) is 2. The van der Waals surface area contributed by atoms with E-state index >= 15 is 0 Å². The van der Waals surface area contributed by atoms with Gasteiger partial charge >= 0.3 is 0 Å². The minimum absolute atomic E-state index is 0. The maximum absolute atomic E-state index is 12.2. The van der Waals surface area contributed by atoms with Crippen molar-refractivity contribution in [2.45, 2.75) is 0 Å². The molecule has 1 aromatic rings. The monoisotopic (exact) mass is 237 g/mol. The Morgan fingerprint density at radius 1 is 1.56 bits per heavy atom. The van der Waals surface area contributed by atoms with Crippen molar-refractivity contribution in [3.05, 3.63) is 27.8 Å². The fourth-order valence-corrected chi connectivity index (χ4v) is 0.713. The zero-order valence-electron chi connectivity index (χ0n) is 4.38. The Balaban J connectivity index is 0.000000640. The lowest BCUT2D eigenvalue weighted by Gasteiger charge is -1.86. The molecule has 0 N–H and O–H groups in total. The van der Waals surface area contributed by atoms with Gasteiger partial charge in [0.05, 0.1) is 3.57 Å². The average molecular weight is 237 g/mol. The molecule has 0 unspecified atom stereocenters. The minimum Gasteiger partial charge on any atom is -0.227 e. The molecule has 0 saturated heterocycles. The average Bonchev–Trinajstić information content (AvgIpc) is 1.77. The molecule has 3 radical (unpaired) electrons. The van der Waals surface area contributed by atoms with Crippen LogP contribution in [0.4, 0.5) is 4.39 Å². The van der Waals surface area contributed by atoms with Gasteiger partial charge in [0, 0.05) is 12.3 Å². The Hall–Kier alpha value is -0.230. The van der Waals surface area contributed by atoms with Crippen LogP contribution in [0.5, 0.6) is 0 Å². The van der Waals surface area contributed by atoms with E-state index in [2.05, 4.69) is 4.98 Å². The van der Waals surface area contributed by atoms with Crippen LogP contribution in [0.15, 0.2) is 18.3 Å². The molecular weight excluding hydrogens is 234 g/mol. The van der Waals surface area contributed by atoms with E-state index in [1.165, 1.54) is 6.20 Å². The van der Waals surface area contributed by atoms with Crippen LogP contribution in [0.2, 0.25) is 0 Å². The first-order valence-electron chi connectivity index (χ1n) is 2.07. The topological polar surface area (TPSA) is 43.4 Å². The van der Waals surface area contributed by atoms with E-state index < -0.39 is 5.95 Å². The predicted octanol–water partition coefficient (Wildman–Crippen LogP) is 1.34. The van der Waals surface area contributed by atoms with Crippen molar-refractivity contribution in [2.75, 3.05) is 0 Å². The first kappa shape index (κ1) is 8.77. The molecular formula is C5H3FIN2. The maximum Gasteiger partial charge on any atom is 0.226 e. The molecule has 1 heterocycles. The van der Waals surface area contributed by atoms with Crippen LogP contribution in [0.1, 0.15) is 0 Å². The minimum atomic E-state index is -0.395. The fraction of sp³-hybridized carbons (Fsp3) is 0. The Kier molecular flexibility index (Phi) is 3.64. The molecule has 0 aromatic carbocycles. The van der Waals surface area contributed by atoms with Crippen molar-refractivity contribution in [3.8, 4) is 0 Å². The summed E-state index contributed by atoms with van der Waals surface area (Å²) in [5.74, 6) is -0.395. The summed E-state index contributed by atoms with van der Waals surface area (Å²) in [6, 6.07) is 3.37. The van der Waals surface area contributed by atoms with E-state index in [1.807, 2.05) is 22.6 Å². The number of aromatic nitrogens is 1. The quantitative estimate of drug-likeness (QED) is 0.496. The molecule has 1 rings (SSSR count). The second-order valence-electron chi connectivity index (χ2n) is 1.28. The van der Waals surface area contributed by atoms with E-state index in [1.54, 1.807) is 12.1 Å². The van der Waals surface area contributed by atoms with Crippen molar-refractivity contribution in [2.24, 2.45) is 0 Å². The van der Waals surface area contributed by atoms with Gasteiger partial charge in [-0.1, -0.05) is 0 Å².